The lowest BCUT2D eigenvalue weighted by Crippen LogP contribution is -2.15. The molecule has 1 nitrogen and oxygen atoms in total. The van der Waals surface area contributed by atoms with Crippen molar-refractivity contribution < 1.29 is 8.78 Å². The summed E-state index contributed by atoms with van der Waals surface area (Å²) in [5, 5.41) is 0.632. The summed E-state index contributed by atoms with van der Waals surface area (Å²) < 4.78 is 26.4. The molecule has 0 spiro atoms. The zero-order valence-corrected chi connectivity index (χ0v) is 11.2. The van der Waals surface area contributed by atoms with E-state index in [0.717, 1.165) is 17.2 Å². The smallest absolute Gasteiger partial charge is 0.129 e. The van der Waals surface area contributed by atoms with Gasteiger partial charge in [0.15, 0.2) is 0 Å². The van der Waals surface area contributed by atoms with Crippen molar-refractivity contribution in [1.82, 2.24) is 0 Å². The second-order valence-electron chi connectivity index (χ2n) is 4.50. The third-order valence-electron chi connectivity index (χ3n) is 3.16. The summed E-state index contributed by atoms with van der Waals surface area (Å²) in [6.07, 6.45) is 0.299. The lowest BCUT2D eigenvalue weighted by Gasteiger charge is -2.16. The van der Waals surface area contributed by atoms with Gasteiger partial charge in [0.2, 0.25) is 0 Å². The first-order valence-corrected chi connectivity index (χ1v) is 6.31. The number of benzene rings is 2. The number of halogens is 3. The van der Waals surface area contributed by atoms with E-state index in [0.29, 0.717) is 17.0 Å². The first-order chi connectivity index (χ1) is 8.99. The van der Waals surface area contributed by atoms with E-state index >= 15 is 0 Å². The number of rotatable bonds is 3. The van der Waals surface area contributed by atoms with E-state index < -0.39 is 11.6 Å². The molecule has 0 aliphatic heterocycles. The first kappa shape index (κ1) is 14.0. The number of hydrogen-bond donors (Lipinski definition) is 1. The van der Waals surface area contributed by atoms with Crippen LogP contribution in [0.5, 0.6) is 0 Å². The van der Waals surface area contributed by atoms with Gasteiger partial charge in [0.25, 0.3) is 0 Å². The van der Waals surface area contributed by atoms with E-state index in [1.807, 2.05) is 19.1 Å². The fourth-order valence-electron chi connectivity index (χ4n) is 2.06. The molecule has 100 valence electrons. The van der Waals surface area contributed by atoms with Crippen LogP contribution in [0, 0.1) is 18.6 Å². The monoisotopic (exact) mass is 281 g/mol. The zero-order chi connectivity index (χ0) is 14.0. The highest BCUT2D eigenvalue weighted by molar-refractivity contribution is 6.31. The van der Waals surface area contributed by atoms with Gasteiger partial charge >= 0.3 is 0 Å². The minimum absolute atomic E-state index is 0.299. The van der Waals surface area contributed by atoms with Crippen molar-refractivity contribution in [1.29, 1.82) is 0 Å². The maximum atomic E-state index is 13.6. The van der Waals surface area contributed by atoms with Crippen LogP contribution < -0.4 is 5.73 Å². The fraction of sp³-hybridized carbons (Fsp3) is 0.200. The molecule has 2 rings (SSSR count). The standard InChI is InChI=1S/C15H14ClF2N/c1-9-12(3-2-4-13(9)16)15(19)7-10-5-6-11(17)8-14(10)18/h2-6,8,15H,7,19H2,1H3. The Labute approximate surface area is 116 Å². The average molecular weight is 282 g/mol. The molecule has 0 bridgehead atoms. The van der Waals surface area contributed by atoms with E-state index in [1.165, 1.54) is 12.1 Å². The molecule has 4 heteroatoms. The summed E-state index contributed by atoms with van der Waals surface area (Å²) in [4.78, 5) is 0. The molecule has 0 heterocycles. The number of hydrogen-bond acceptors (Lipinski definition) is 1. The van der Waals surface area contributed by atoms with E-state index in [1.54, 1.807) is 6.07 Å². The van der Waals surface area contributed by atoms with Crippen LogP contribution in [0.15, 0.2) is 36.4 Å². The first-order valence-electron chi connectivity index (χ1n) is 5.93. The SMILES string of the molecule is Cc1c(Cl)cccc1C(N)Cc1ccc(F)cc1F. The second-order valence-corrected chi connectivity index (χ2v) is 4.91. The lowest BCUT2D eigenvalue weighted by atomic mass is 9.96. The van der Waals surface area contributed by atoms with Gasteiger partial charge < -0.3 is 5.73 Å². The maximum absolute atomic E-state index is 13.6. The van der Waals surface area contributed by atoms with Crippen LogP contribution >= 0.6 is 11.6 Å². The summed E-state index contributed by atoms with van der Waals surface area (Å²) >= 11 is 6.03. The van der Waals surface area contributed by atoms with Gasteiger partial charge in [-0.15, -0.1) is 0 Å². The highest BCUT2D eigenvalue weighted by atomic mass is 35.5. The summed E-state index contributed by atoms with van der Waals surface area (Å²) in [7, 11) is 0. The van der Waals surface area contributed by atoms with Crippen LogP contribution in [0.1, 0.15) is 22.7 Å². The Hall–Kier alpha value is -1.45. The van der Waals surface area contributed by atoms with Gasteiger partial charge in [0.1, 0.15) is 11.6 Å². The van der Waals surface area contributed by atoms with Gasteiger partial charge in [-0.1, -0.05) is 29.8 Å². The van der Waals surface area contributed by atoms with Crippen LogP contribution in [0.25, 0.3) is 0 Å². The number of nitrogens with two attached hydrogens (primary N) is 1. The van der Waals surface area contributed by atoms with Crippen molar-refractivity contribution >= 4 is 11.6 Å². The minimum Gasteiger partial charge on any atom is -0.324 e. The molecule has 0 aliphatic carbocycles. The lowest BCUT2D eigenvalue weighted by molar-refractivity contribution is 0.563. The minimum atomic E-state index is -0.589. The summed E-state index contributed by atoms with van der Waals surface area (Å²) in [5.41, 5.74) is 8.24. The Kier molecular flexibility index (Phi) is 4.17. The normalized spacial score (nSPS) is 12.5. The van der Waals surface area contributed by atoms with Crippen molar-refractivity contribution in [2.45, 2.75) is 19.4 Å². The molecule has 2 aromatic rings. The van der Waals surface area contributed by atoms with E-state index in [9.17, 15) is 8.78 Å². The van der Waals surface area contributed by atoms with Gasteiger partial charge in [-0.05, 0) is 42.2 Å². The molecule has 0 saturated carbocycles. The Morgan fingerprint density at radius 1 is 1.21 bits per heavy atom. The van der Waals surface area contributed by atoms with Gasteiger partial charge in [-0.25, -0.2) is 8.78 Å². The summed E-state index contributed by atoms with van der Waals surface area (Å²) in [5.74, 6) is -1.16. The molecular weight excluding hydrogens is 268 g/mol. The quantitative estimate of drug-likeness (QED) is 0.898. The topological polar surface area (TPSA) is 26.0 Å². The third-order valence-corrected chi connectivity index (χ3v) is 3.57. The molecule has 0 radical (unpaired) electrons. The summed E-state index contributed by atoms with van der Waals surface area (Å²) in [6.45, 7) is 1.87. The molecular formula is C15H14ClF2N. The molecule has 1 unspecified atom stereocenters. The zero-order valence-electron chi connectivity index (χ0n) is 10.5. The van der Waals surface area contributed by atoms with Crippen LogP contribution in [0.4, 0.5) is 8.78 Å². The van der Waals surface area contributed by atoms with Crippen LogP contribution in [0.2, 0.25) is 5.02 Å². The van der Waals surface area contributed by atoms with Crippen LogP contribution in [-0.4, -0.2) is 0 Å². The molecule has 0 amide bonds. The molecule has 19 heavy (non-hydrogen) atoms. The van der Waals surface area contributed by atoms with Crippen LogP contribution in [0.3, 0.4) is 0 Å². The van der Waals surface area contributed by atoms with Crippen molar-refractivity contribution in [3.8, 4) is 0 Å². The second kappa shape index (κ2) is 5.68. The molecule has 0 saturated heterocycles. The molecule has 2 N–H and O–H groups in total. The van der Waals surface area contributed by atoms with Crippen molar-refractivity contribution in [3.63, 3.8) is 0 Å². The molecule has 0 fully saturated rings. The highest BCUT2D eigenvalue weighted by Gasteiger charge is 2.14. The Bertz CT molecular complexity index is 599. The fourth-order valence-corrected chi connectivity index (χ4v) is 2.24. The van der Waals surface area contributed by atoms with Gasteiger partial charge in [-0.2, -0.15) is 0 Å². The van der Waals surface area contributed by atoms with E-state index in [4.69, 9.17) is 17.3 Å². The third kappa shape index (κ3) is 3.11. The molecule has 1 atom stereocenters. The van der Waals surface area contributed by atoms with E-state index in [-0.39, 0.29) is 6.04 Å². The highest BCUT2D eigenvalue weighted by Crippen LogP contribution is 2.25. The Balaban J connectivity index is 2.25. The summed E-state index contributed by atoms with van der Waals surface area (Å²) in [6, 6.07) is 8.61. The van der Waals surface area contributed by atoms with Gasteiger partial charge in [0.05, 0.1) is 0 Å². The Morgan fingerprint density at radius 3 is 2.63 bits per heavy atom. The van der Waals surface area contributed by atoms with Crippen molar-refractivity contribution in [2.24, 2.45) is 5.73 Å². The molecule has 0 aliphatic rings. The van der Waals surface area contributed by atoms with E-state index in [2.05, 4.69) is 0 Å². The predicted molar refractivity (Wildman–Crippen MR) is 73.2 cm³/mol. The molecule has 0 aromatic heterocycles. The van der Waals surface area contributed by atoms with Crippen LogP contribution in [-0.2, 0) is 6.42 Å². The van der Waals surface area contributed by atoms with Gasteiger partial charge in [0, 0.05) is 17.1 Å². The predicted octanol–water partition coefficient (Wildman–Crippen LogP) is 4.17. The van der Waals surface area contributed by atoms with Gasteiger partial charge in [-0.3, -0.25) is 0 Å². The average Bonchev–Trinajstić information content (AvgIpc) is 2.36. The Morgan fingerprint density at radius 2 is 1.95 bits per heavy atom. The molecule has 2 aromatic carbocycles. The van der Waals surface area contributed by atoms with Crippen molar-refractivity contribution in [2.75, 3.05) is 0 Å². The van der Waals surface area contributed by atoms with Crippen molar-refractivity contribution in [3.05, 3.63) is 69.7 Å². The maximum Gasteiger partial charge on any atom is 0.129 e. The largest absolute Gasteiger partial charge is 0.324 e.